The Labute approximate surface area is 103 Å². The van der Waals surface area contributed by atoms with E-state index in [9.17, 15) is 0 Å². The maximum Gasteiger partial charge on any atom is 0.140 e. The van der Waals surface area contributed by atoms with Gasteiger partial charge in [0.15, 0.2) is 0 Å². The lowest BCUT2D eigenvalue weighted by Crippen LogP contribution is -2.49. The maximum atomic E-state index is 5.68. The highest BCUT2D eigenvalue weighted by atomic mass is 16.6. The second-order valence-corrected chi connectivity index (χ2v) is 4.71. The summed E-state index contributed by atoms with van der Waals surface area (Å²) in [7, 11) is 3.46. The van der Waals surface area contributed by atoms with Crippen LogP contribution in [0, 0.1) is 20.8 Å². The first-order valence-electron chi connectivity index (χ1n) is 5.84. The summed E-state index contributed by atoms with van der Waals surface area (Å²) >= 11 is 0. The highest BCUT2D eigenvalue weighted by Crippen LogP contribution is 2.40. The third kappa shape index (κ3) is 1.74. The molecule has 0 aromatic heterocycles. The summed E-state index contributed by atoms with van der Waals surface area (Å²) in [6.45, 7) is 7.58. The van der Waals surface area contributed by atoms with E-state index in [0.717, 1.165) is 5.75 Å². The Morgan fingerprint density at radius 1 is 1.12 bits per heavy atom. The molecule has 1 heterocycles. The zero-order valence-electron chi connectivity index (χ0n) is 11.2. The van der Waals surface area contributed by atoms with E-state index in [-0.39, 0.29) is 5.60 Å². The molecule has 0 aliphatic carbocycles. The monoisotopic (exact) mass is 236 g/mol. The van der Waals surface area contributed by atoms with E-state index in [1.54, 1.807) is 14.2 Å². The zero-order chi connectivity index (χ0) is 12.6. The summed E-state index contributed by atoms with van der Waals surface area (Å²) in [6, 6.07) is 2.08. The van der Waals surface area contributed by atoms with Gasteiger partial charge in [-0.05, 0) is 49.1 Å². The highest BCUT2D eigenvalue weighted by Gasteiger charge is 2.43. The summed E-state index contributed by atoms with van der Waals surface area (Å²) in [5.41, 5.74) is 4.62. The van der Waals surface area contributed by atoms with Crippen molar-refractivity contribution >= 4 is 0 Å². The largest absolute Gasteiger partial charge is 0.496 e. The van der Waals surface area contributed by atoms with Gasteiger partial charge in [0, 0.05) is 7.11 Å². The molecule has 0 atom stereocenters. The smallest absolute Gasteiger partial charge is 0.140 e. The summed E-state index contributed by atoms with van der Waals surface area (Å²) in [6.07, 6.45) is 0. The van der Waals surface area contributed by atoms with Gasteiger partial charge in [0.2, 0.25) is 0 Å². The fraction of sp³-hybridized carbons (Fsp3) is 0.571. The van der Waals surface area contributed by atoms with Crippen LogP contribution in [0.3, 0.4) is 0 Å². The Morgan fingerprint density at radius 2 is 1.76 bits per heavy atom. The summed E-state index contributed by atoms with van der Waals surface area (Å²) < 4.78 is 16.4. The van der Waals surface area contributed by atoms with Gasteiger partial charge in [-0.3, -0.25) is 0 Å². The number of methoxy groups -OCH3 is 2. The SMILES string of the molecule is COc1cc(C)c(C2(OC)COC2)c(C)c1C. The molecule has 1 fully saturated rings. The number of hydrogen-bond donors (Lipinski definition) is 0. The molecule has 0 N–H and O–H groups in total. The first kappa shape index (κ1) is 12.4. The number of ether oxygens (including phenoxy) is 3. The van der Waals surface area contributed by atoms with Crippen LogP contribution in [0.25, 0.3) is 0 Å². The van der Waals surface area contributed by atoms with Crippen LogP contribution in [0.5, 0.6) is 5.75 Å². The normalized spacial score (nSPS) is 17.7. The molecule has 1 aromatic carbocycles. The van der Waals surface area contributed by atoms with Crippen molar-refractivity contribution < 1.29 is 14.2 Å². The second kappa shape index (κ2) is 4.31. The minimum atomic E-state index is -0.259. The summed E-state index contributed by atoms with van der Waals surface area (Å²) in [5.74, 6) is 0.940. The Balaban J connectivity index is 2.58. The van der Waals surface area contributed by atoms with Crippen LogP contribution in [0.15, 0.2) is 6.07 Å². The fourth-order valence-electron chi connectivity index (χ4n) is 2.61. The predicted octanol–water partition coefficient (Wildman–Crippen LogP) is 2.49. The van der Waals surface area contributed by atoms with E-state index in [4.69, 9.17) is 14.2 Å². The maximum absolute atomic E-state index is 5.68. The lowest BCUT2D eigenvalue weighted by Gasteiger charge is -2.42. The number of rotatable bonds is 3. The molecule has 1 aromatic rings. The van der Waals surface area contributed by atoms with Gasteiger partial charge < -0.3 is 14.2 Å². The lowest BCUT2D eigenvalue weighted by molar-refractivity contribution is -0.203. The van der Waals surface area contributed by atoms with E-state index in [0.29, 0.717) is 13.2 Å². The Morgan fingerprint density at radius 3 is 2.18 bits per heavy atom. The molecule has 2 rings (SSSR count). The van der Waals surface area contributed by atoms with Crippen LogP contribution >= 0.6 is 0 Å². The molecule has 3 heteroatoms. The van der Waals surface area contributed by atoms with E-state index in [1.807, 2.05) is 0 Å². The standard InChI is InChI=1S/C14H20O3/c1-9-6-12(15-4)10(2)11(3)13(9)14(16-5)7-17-8-14/h6H,7-8H2,1-5H3. The van der Waals surface area contributed by atoms with Crippen molar-refractivity contribution in [2.24, 2.45) is 0 Å². The third-order valence-corrected chi connectivity index (χ3v) is 3.79. The molecule has 0 unspecified atom stereocenters. The fourth-order valence-corrected chi connectivity index (χ4v) is 2.61. The molecule has 1 aliphatic rings. The molecule has 1 saturated heterocycles. The van der Waals surface area contributed by atoms with Gasteiger partial charge >= 0.3 is 0 Å². The summed E-state index contributed by atoms with van der Waals surface area (Å²) in [4.78, 5) is 0. The molecule has 0 bridgehead atoms. The molecule has 0 radical (unpaired) electrons. The van der Waals surface area contributed by atoms with Gasteiger partial charge in [-0.2, -0.15) is 0 Å². The first-order valence-corrected chi connectivity index (χ1v) is 5.84. The Bertz CT molecular complexity index is 428. The Hall–Kier alpha value is -1.06. The van der Waals surface area contributed by atoms with Crippen molar-refractivity contribution in [3.63, 3.8) is 0 Å². The topological polar surface area (TPSA) is 27.7 Å². The minimum Gasteiger partial charge on any atom is -0.496 e. The highest BCUT2D eigenvalue weighted by molar-refractivity contribution is 5.51. The van der Waals surface area contributed by atoms with Crippen molar-refractivity contribution in [3.05, 3.63) is 28.3 Å². The van der Waals surface area contributed by atoms with Crippen LogP contribution in [0.4, 0.5) is 0 Å². The van der Waals surface area contributed by atoms with Gasteiger partial charge in [-0.15, -0.1) is 0 Å². The van der Waals surface area contributed by atoms with Crippen LogP contribution < -0.4 is 4.74 Å². The van der Waals surface area contributed by atoms with E-state index in [2.05, 4.69) is 26.8 Å². The Kier molecular flexibility index (Phi) is 3.15. The molecular weight excluding hydrogens is 216 g/mol. The molecule has 0 spiro atoms. The van der Waals surface area contributed by atoms with E-state index in [1.165, 1.54) is 22.3 Å². The minimum absolute atomic E-state index is 0.259. The number of hydrogen-bond acceptors (Lipinski definition) is 3. The molecular formula is C14H20O3. The number of benzene rings is 1. The van der Waals surface area contributed by atoms with Crippen molar-refractivity contribution in [1.82, 2.24) is 0 Å². The van der Waals surface area contributed by atoms with Gasteiger partial charge in [0.1, 0.15) is 11.4 Å². The predicted molar refractivity (Wildman–Crippen MR) is 66.7 cm³/mol. The van der Waals surface area contributed by atoms with Crippen LogP contribution in [-0.2, 0) is 15.1 Å². The van der Waals surface area contributed by atoms with Crippen LogP contribution in [0.1, 0.15) is 22.3 Å². The molecule has 1 aliphatic heterocycles. The van der Waals surface area contributed by atoms with Crippen LogP contribution in [0.2, 0.25) is 0 Å². The molecule has 0 saturated carbocycles. The van der Waals surface area contributed by atoms with E-state index < -0.39 is 0 Å². The van der Waals surface area contributed by atoms with Crippen molar-refractivity contribution in [2.75, 3.05) is 27.4 Å². The number of aryl methyl sites for hydroxylation is 1. The van der Waals surface area contributed by atoms with Gasteiger partial charge in [-0.25, -0.2) is 0 Å². The van der Waals surface area contributed by atoms with Crippen molar-refractivity contribution in [2.45, 2.75) is 26.4 Å². The lowest BCUT2D eigenvalue weighted by atomic mass is 9.83. The zero-order valence-corrected chi connectivity index (χ0v) is 11.2. The van der Waals surface area contributed by atoms with Gasteiger partial charge in [0.25, 0.3) is 0 Å². The molecule has 3 nitrogen and oxygen atoms in total. The quantitative estimate of drug-likeness (QED) is 0.807. The van der Waals surface area contributed by atoms with Gasteiger partial charge in [0.05, 0.1) is 20.3 Å². The average molecular weight is 236 g/mol. The first-order chi connectivity index (χ1) is 8.05. The molecule has 17 heavy (non-hydrogen) atoms. The van der Waals surface area contributed by atoms with E-state index >= 15 is 0 Å². The van der Waals surface area contributed by atoms with Crippen molar-refractivity contribution in [1.29, 1.82) is 0 Å². The second-order valence-electron chi connectivity index (χ2n) is 4.71. The molecule has 0 amide bonds. The van der Waals surface area contributed by atoms with Gasteiger partial charge in [-0.1, -0.05) is 0 Å². The molecule has 94 valence electrons. The van der Waals surface area contributed by atoms with Crippen LogP contribution in [-0.4, -0.2) is 27.4 Å². The average Bonchev–Trinajstić information content (AvgIpc) is 2.27. The third-order valence-electron chi connectivity index (χ3n) is 3.79. The summed E-state index contributed by atoms with van der Waals surface area (Å²) in [5, 5.41) is 0. The van der Waals surface area contributed by atoms with Crippen molar-refractivity contribution in [3.8, 4) is 5.75 Å².